The topological polar surface area (TPSA) is 0 Å². The molecule has 0 unspecified atom stereocenters. The normalized spacial score (nSPS) is 17.0. The van der Waals surface area contributed by atoms with Gasteiger partial charge in [0.15, 0.2) is 0 Å². The first-order chi connectivity index (χ1) is 5.88. The Kier molecular flexibility index (Phi) is 1.99. The fourth-order valence-corrected chi connectivity index (χ4v) is 1.64. The second-order valence-electron chi connectivity index (χ2n) is 3.52. The largest absolute Gasteiger partial charge is 0.0950 e. The van der Waals surface area contributed by atoms with E-state index in [1.807, 2.05) is 0 Å². The lowest BCUT2D eigenvalue weighted by atomic mass is 9.78. The minimum atomic E-state index is 0.771. The third-order valence-corrected chi connectivity index (χ3v) is 2.74. The van der Waals surface area contributed by atoms with Crippen molar-refractivity contribution in [2.75, 3.05) is 0 Å². The van der Waals surface area contributed by atoms with Crippen LogP contribution in [-0.2, 0) is 0 Å². The highest BCUT2D eigenvalue weighted by Crippen LogP contribution is 2.37. The highest BCUT2D eigenvalue weighted by Gasteiger charge is 2.20. The van der Waals surface area contributed by atoms with Crippen LogP contribution in [0.1, 0.15) is 24.8 Å². The predicted octanol–water partition coefficient (Wildman–Crippen LogP) is 3.50. The second kappa shape index (κ2) is 3.14. The molecule has 1 fully saturated rings. The Balaban J connectivity index is 2.14. The van der Waals surface area contributed by atoms with Gasteiger partial charge < -0.3 is 0 Å². The summed E-state index contributed by atoms with van der Waals surface area (Å²) < 4.78 is 0. The molecule has 0 heterocycles. The summed E-state index contributed by atoms with van der Waals surface area (Å²) in [7, 11) is 0. The maximum Gasteiger partial charge on any atom is -0.0162 e. The Morgan fingerprint density at radius 3 is 2.33 bits per heavy atom. The molecule has 0 amide bonds. The molecule has 0 N–H and O–H groups in total. The van der Waals surface area contributed by atoms with Gasteiger partial charge in [0, 0.05) is 0 Å². The molecule has 0 bridgehead atoms. The SMILES string of the molecule is C=C(c1ccccc1)C1CCC1. The molecule has 0 aromatic heterocycles. The van der Waals surface area contributed by atoms with Crippen molar-refractivity contribution in [2.45, 2.75) is 19.3 Å². The van der Waals surface area contributed by atoms with Gasteiger partial charge in [0.05, 0.1) is 0 Å². The monoisotopic (exact) mass is 158 g/mol. The van der Waals surface area contributed by atoms with Crippen molar-refractivity contribution in [3.8, 4) is 0 Å². The van der Waals surface area contributed by atoms with Crippen LogP contribution in [0.3, 0.4) is 0 Å². The van der Waals surface area contributed by atoms with Crippen LogP contribution in [0, 0.1) is 5.92 Å². The molecule has 0 spiro atoms. The second-order valence-corrected chi connectivity index (χ2v) is 3.52. The first-order valence-corrected chi connectivity index (χ1v) is 4.62. The third kappa shape index (κ3) is 1.29. The average molecular weight is 158 g/mol. The number of allylic oxidation sites excluding steroid dienone is 1. The van der Waals surface area contributed by atoms with E-state index in [0.717, 1.165) is 5.92 Å². The standard InChI is InChI=1S/C12H14/c1-10(12-8-5-9-12)11-6-3-2-4-7-11/h2-4,6-7,12H,1,5,8-9H2. The van der Waals surface area contributed by atoms with Gasteiger partial charge in [-0.25, -0.2) is 0 Å². The highest BCUT2D eigenvalue weighted by atomic mass is 14.3. The zero-order valence-electron chi connectivity index (χ0n) is 7.29. The molecule has 1 saturated carbocycles. The Labute approximate surface area is 73.9 Å². The van der Waals surface area contributed by atoms with Crippen molar-refractivity contribution in [3.63, 3.8) is 0 Å². The van der Waals surface area contributed by atoms with Crippen molar-refractivity contribution < 1.29 is 0 Å². The fraction of sp³-hybridized carbons (Fsp3) is 0.333. The summed E-state index contributed by atoms with van der Waals surface area (Å²) in [5.74, 6) is 0.771. The van der Waals surface area contributed by atoms with E-state index in [-0.39, 0.29) is 0 Å². The van der Waals surface area contributed by atoms with Crippen molar-refractivity contribution in [3.05, 3.63) is 42.5 Å². The minimum absolute atomic E-state index is 0.771. The lowest BCUT2D eigenvalue weighted by Gasteiger charge is -2.27. The summed E-state index contributed by atoms with van der Waals surface area (Å²) in [4.78, 5) is 0. The summed E-state index contributed by atoms with van der Waals surface area (Å²) in [5.41, 5.74) is 2.66. The van der Waals surface area contributed by atoms with Gasteiger partial charge >= 0.3 is 0 Å². The van der Waals surface area contributed by atoms with Crippen molar-refractivity contribution in [2.24, 2.45) is 5.92 Å². The Bertz CT molecular complexity index is 267. The van der Waals surface area contributed by atoms with Gasteiger partial charge in [-0.1, -0.05) is 43.3 Å². The molecule has 2 rings (SSSR count). The number of hydrogen-bond donors (Lipinski definition) is 0. The van der Waals surface area contributed by atoms with Crippen molar-refractivity contribution >= 4 is 5.57 Å². The van der Waals surface area contributed by atoms with Gasteiger partial charge in [-0.05, 0) is 29.9 Å². The zero-order valence-corrected chi connectivity index (χ0v) is 7.29. The summed E-state index contributed by atoms with van der Waals surface area (Å²) in [6.45, 7) is 4.15. The molecule has 62 valence electrons. The summed E-state index contributed by atoms with van der Waals surface area (Å²) >= 11 is 0. The van der Waals surface area contributed by atoms with Crippen LogP contribution in [0.2, 0.25) is 0 Å². The molecule has 12 heavy (non-hydrogen) atoms. The van der Waals surface area contributed by atoms with Crippen LogP contribution in [-0.4, -0.2) is 0 Å². The van der Waals surface area contributed by atoms with Gasteiger partial charge in [-0.3, -0.25) is 0 Å². The average Bonchev–Trinajstić information content (AvgIpc) is 2.03. The molecule has 0 heteroatoms. The van der Waals surface area contributed by atoms with Gasteiger partial charge in [0.1, 0.15) is 0 Å². The van der Waals surface area contributed by atoms with Gasteiger partial charge in [0.2, 0.25) is 0 Å². The zero-order chi connectivity index (χ0) is 8.39. The van der Waals surface area contributed by atoms with Crippen LogP contribution in [0.15, 0.2) is 36.9 Å². The summed E-state index contributed by atoms with van der Waals surface area (Å²) in [5, 5.41) is 0. The first kappa shape index (κ1) is 7.60. The predicted molar refractivity (Wildman–Crippen MR) is 52.8 cm³/mol. The molecule has 0 nitrogen and oxygen atoms in total. The Hall–Kier alpha value is -1.04. The molecule has 1 aromatic carbocycles. The third-order valence-electron chi connectivity index (χ3n) is 2.74. The molecule has 1 aliphatic rings. The quantitative estimate of drug-likeness (QED) is 0.618. The molecule has 1 aliphatic carbocycles. The summed E-state index contributed by atoms with van der Waals surface area (Å²) in [6, 6.07) is 10.5. The highest BCUT2D eigenvalue weighted by molar-refractivity contribution is 5.65. The van der Waals surface area contributed by atoms with E-state index in [1.54, 1.807) is 0 Å². The number of rotatable bonds is 2. The van der Waals surface area contributed by atoms with Crippen LogP contribution in [0.5, 0.6) is 0 Å². The van der Waals surface area contributed by atoms with Gasteiger partial charge in [0.25, 0.3) is 0 Å². The minimum Gasteiger partial charge on any atom is -0.0950 e. The van der Waals surface area contributed by atoms with E-state index in [0.29, 0.717) is 0 Å². The lowest BCUT2D eigenvalue weighted by molar-refractivity contribution is 0.401. The first-order valence-electron chi connectivity index (χ1n) is 4.62. The molecule has 0 atom stereocenters. The molecule has 1 aromatic rings. The van der Waals surface area contributed by atoms with Gasteiger partial charge in [-0.15, -0.1) is 0 Å². The lowest BCUT2D eigenvalue weighted by Crippen LogP contribution is -2.11. The summed E-state index contributed by atoms with van der Waals surface area (Å²) in [6.07, 6.45) is 4.07. The molecule has 0 aliphatic heterocycles. The Morgan fingerprint density at radius 1 is 1.17 bits per heavy atom. The van der Waals surface area contributed by atoms with Crippen molar-refractivity contribution in [1.82, 2.24) is 0 Å². The number of hydrogen-bond acceptors (Lipinski definition) is 0. The van der Waals surface area contributed by atoms with E-state index in [4.69, 9.17) is 0 Å². The number of benzene rings is 1. The van der Waals surface area contributed by atoms with Crippen LogP contribution >= 0.6 is 0 Å². The Morgan fingerprint density at radius 2 is 1.83 bits per heavy atom. The van der Waals surface area contributed by atoms with E-state index >= 15 is 0 Å². The van der Waals surface area contributed by atoms with Crippen molar-refractivity contribution in [1.29, 1.82) is 0 Å². The van der Waals surface area contributed by atoms with Gasteiger partial charge in [-0.2, -0.15) is 0 Å². The maximum absolute atomic E-state index is 4.15. The van der Waals surface area contributed by atoms with E-state index in [9.17, 15) is 0 Å². The van der Waals surface area contributed by atoms with Crippen LogP contribution < -0.4 is 0 Å². The van der Waals surface area contributed by atoms with E-state index in [2.05, 4.69) is 36.9 Å². The molecule has 0 radical (unpaired) electrons. The fourth-order valence-electron chi connectivity index (χ4n) is 1.64. The smallest absolute Gasteiger partial charge is 0.0162 e. The molecular formula is C12H14. The van der Waals surface area contributed by atoms with E-state index in [1.165, 1.54) is 30.4 Å². The van der Waals surface area contributed by atoms with E-state index < -0.39 is 0 Å². The molecular weight excluding hydrogens is 144 g/mol. The van der Waals surface area contributed by atoms with Crippen LogP contribution in [0.4, 0.5) is 0 Å². The maximum atomic E-state index is 4.15. The molecule has 0 saturated heterocycles. The van der Waals surface area contributed by atoms with Crippen LogP contribution in [0.25, 0.3) is 5.57 Å².